The maximum Gasteiger partial charge on any atom is 0.324 e. The Morgan fingerprint density at radius 3 is 1.65 bits per heavy atom. The molecule has 1 aliphatic heterocycles. The van der Waals surface area contributed by atoms with Crippen LogP contribution >= 0.6 is 0 Å². The van der Waals surface area contributed by atoms with Gasteiger partial charge in [0.25, 0.3) is 5.79 Å². The lowest BCUT2D eigenvalue weighted by Gasteiger charge is -2.58. The van der Waals surface area contributed by atoms with E-state index in [4.69, 9.17) is 9.47 Å². The van der Waals surface area contributed by atoms with Crippen molar-refractivity contribution in [2.24, 2.45) is 29.1 Å². The number of ether oxygens (including phenoxy) is 2. The van der Waals surface area contributed by atoms with E-state index in [2.05, 4.69) is 0 Å². The molecule has 4 nitrogen and oxygen atoms in total. The van der Waals surface area contributed by atoms with E-state index in [1.54, 1.807) is 13.8 Å². The van der Waals surface area contributed by atoms with Crippen molar-refractivity contribution >= 4 is 11.9 Å². The molecule has 0 amide bonds. The third-order valence-corrected chi connectivity index (χ3v) is 5.86. The van der Waals surface area contributed by atoms with Crippen LogP contribution in [0.2, 0.25) is 0 Å². The number of esters is 2. The molecule has 1 saturated heterocycles. The van der Waals surface area contributed by atoms with Gasteiger partial charge in [-0.2, -0.15) is 0 Å². The minimum absolute atomic E-state index is 0.167. The summed E-state index contributed by atoms with van der Waals surface area (Å²) in [5, 5.41) is 0. The molecule has 4 saturated carbocycles. The van der Waals surface area contributed by atoms with Gasteiger partial charge in [0, 0.05) is 13.8 Å². The van der Waals surface area contributed by atoms with E-state index in [1.165, 1.54) is 19.3 Å². The molecule has 4 aliphatic carbocycles. The largest absolute Gasteiger partial charge is 0.422 e. The van der Waals surface area contributed by atoms with Crippen molar-refractivity contribution in [3.05, 3.63) is 0 Å². The molecule has 0 aromatic heterocycles. The Morgan fingerprint density at radius 1 is 0.850 bits per heavy atom. The highest BCUT2D eigenvalue weighted by atomic mass is 16.7. The third-order valence-electron chi connectivity index (χ3n) is 5.86. The Balaban J connectivity index is 1.67. The van der Waals surface area contributed by atoms with Gasteiger partial charge in [-0.25, -0.2) is 0 Å². The molecule has 0 atom stereocenters. The van der Waals surface area contributed by atoms with Gasteiger partial charge in [-0.15, -0.1) is 0 Å². The number of carbonyl (C=O) groups excluding carboxylic acids is 2. The molecular formula is C16H22O4. The van der Waals surface area contributed by atoms with E-state index in [9.17, 15) is 9.59 Å². The average Bonchev–Trinajstić information content (AvgIpc) is 2.22. The third kappa shape index (κ3) is 1.73. The van der Waals surface area contributed by atoms with E-state index < -0.39 is 11.7 Å². The molecule has 5 rings (SSSR count). The van der Waals surface area contributed by atoms with Crippen LogP contribution in [0.25, 0.3) is 0 Å². The zero-order valence-electron chi connectivity index (χ0n) is 12.2. The SMILES string of the molecule is CC1(C)OC(=O)C(C23CC4CC(CC(C4)C2)C3)C(=O)O1. The summed E-state index contributed by atoms with van der Waals surface area (Å²) in [5.41, 5.74) is -0.167. The molecule has 0 radical (unpaired) electrons. The second-order valence-electron chi connectivity index (χ2n) is 7.95. The van der Waals surface area contributed by atoms with Crippen molar-refractivity contribution in [3.8, 4) is 0 Å². The van der Waals surface area contributed by atoms with Crippen LogP contribution in [0.4, 0.5) is 0 Å². The Labute approximate surface area is 119 Å². The van der Waals surface area contributed by atoms with E-state index >= 15 is 0 Å². The molecule has 20 heavy (non-hydrogen) atoms. The van der Waals surface area contributed by atoms with Crippen LogP contribution in [0.3, 0.4) is 0 Å². The number of hydrogen-bond acceptors (Lipinski definition) is 4. The van der Waals surface area contributed by atoms with Crippen LogP contribution in [-0.4, -0.2) is 17.7 Å². The van der Waals surface area contributed by atoms with Crippen molar-refractivity contribution < 1.29 is 19.1 Å². The fourth-order valence-electron chi connectivity index (χ4n) is 5.75. The maximum atomic E-state index is 12.4. The summed E-state index contributed by atoms with van der Waals surface area (Å²) in [6, 6.07) is 0. The van der Waals surface area contributed by atoms with Gasteiger partial charge in [0.15, 0.2) is 5.92 Å². The summed E-state index contributed by atoms with van der Waals surface area (Å²) in [7, 11) is 0. The maximum absolute atomic E-state index is 12.4. The molecule has 4 heteroatoms. The van der Waals surface area contributed by atoms with Crippen molar-refractivity contribution in [2.75, 3.05) is 0 Å². The summed E-state index contributed by atoms with van der Waals surface area (Å²) in [4.78, 5) is 24.8. The molecule has 0 spiro atoms. The van der Waals surface area contributed by atoms with Crippen molar-refractivity contribution in [1.82, 2.24) is 0 Å². The van der Waals surface area contributed by atoms with E-state index in [1.807, 2.05) is 0 Å². The van der Waals surface area contributed by atoms with Crippen LogP contribution in [0, 0.1) is 29.1 Å². The fraction of sp³-hybridized carbons (Fsp3) is 0.875. The predicted molar refractivity (Wildman–Crippen MR) is 70.4 cm³/mol. The lowest BCUT2D eigenvalue weighted by molar-refractivity contribution is -0.252. The van der Waals surface area contributed by atoms with Gasteiger partial charge in [-0.1, -0.05) is 0 Å². The van der Waals surface area contributed by atoms with E-state index in [0.717, 1.165) is 19.3 Å². The Kier molecular flexibility index (Phi) is 2.39. The van der Waals surface area contributed by atoms with Crippen LogP contribution in [0.5, 0.6) is 0 Å². The molecule has 0 unspecified atom stereocenters. The van der Waals surface area contributed by atoms with Crippen molar-refractivity contribution in [2.45, 2.75) is 58.2 Å². The molecule has 0 N–H and O–H groups in total. The van der Waals surface area contributed by atoms with Gasteiger partial charge in [0.05, 0.1) is 0 Å². The zero-order chi connectivity index (χ0) is 14.1. The van der Waals surface area contributed by atoms with Crippen LogP contribution < -0.4 is 0 Å². The quantitative estimate of drug-likeness (QED) is 0.546. The number of hydrogen-bond donors (Lipinski definition) is 0. The van der Waals surface area contributed by atoms with Gasteiger partial charge in [-0.05, 0) is 61.7 Å². The molecule has 5 aliphatic rings. The van der Waals surface area contributed by atoms with Crippen LogP contribution in [0.15, 0.2) is 0 Å². The number of rotatable bonds is 1. The number of carbonyl (C=O) groups is 2. The molecule has 5 fully saturated rings. The molecule has 0 aromatic rings. The molecule has 0 aromatic carbocycles. The highest BCUT2D eigenvalue weighted by Crippen LogP contribution is 2.63. The van der Waals surface area contributed by atoms with Gasteiger partial charge >= 0.3 is 11.9 Å². The van der Waals surface area contributed by atoms with Gasteiger partial charge in [-0.3, -0.25) is 9.59 Å². The first-order valence-electron chi connectivity index (χ1n) is 7.83. The van der Waals surface area contributed by atoms with Crippen LogP contribution in [0.1, 0.15) is 52.4 Å². The van der Waals surface area contributed by atoms with Crippen molar-refractivity contribution in [3.63, 3.8) is 0 Å². The highest BCUT2D eigenvalue weighted by Gasteiger charge is 2.61. The first kappa shape index (κ1) is 12.7. The average molecular weight is 278 g/mol. The minimum Gasteiger partial charge on any atom is -0.422 e. The Morgan fingerprint density at radius 2 is 1.25 bits per heavy atom. The van der Waals surface area contributed by atoms with Gasteiger partial charge in [0.1, 0.15) is 0 Å². The normalized spacial score (nSPS) is 46.2. The summed E-state index contributed by atoms with van der Waals surface area (Å²) >= 11 is 0. The molecule has 110 valence electrons. The topological polar surface area (TPSA) is 52.6 Å². The highest BCUT2D eigenvalue weighted by molar-refractivity contribution is 5.97. The van der Waals surface area contributed by atoms with E-state index in [-0.39, 0.29) is 17.4 Å². The lowest BCUT2D eigenvalue weighted by atomic mass is 9.46. The standard InChI is InChI=1S/C16H22O4/c1-15(2)19-13(17)12(14(18)20-15)16-6-9-3-10(7-16)5-11(4-9)8-16/h9-12H,3-8H2,1-2H3. The lowest BCUT2D eigenvalue weighted by Crippen LogP contribution is -2.58. The summed E-state index contributed by atoms with van der Waals surface area (Å²) in [6.07, 6.45) is 6.90. The summed E-state index contributed by atoms with van der Waals surface area (Å²) < 4.78 is 10.7. The Bertz CT molecular complexity index is 424. The van der Waals surface area contributed by atoms with Gasteiger partial charge in [0.2, 0.25) is 0 Å². The smallest absolute Gasteiger partial charge is 0.324 e. The molecular weight excluding hydrogens is 256 g/mol. The monoisotopic (exact) mass is 278 g/mol. The second kappa shape index (κ2) is 3.77. The summed E-state index contributed by atoms with van der Waals surface area (Å²) in [6.45, 7) is 3.25. The van der Waals surface area contributed by atoms with Gasteiger partial charge < -0.3 is 9.47 Å². The minimum atomic E-state index is -1.10. The first-order chi connectivity index (χ1) is 9.37. The zero-order valence-corrected chi connectivity index (χ0v) is 12.2. The number of cyclic esters (lactones) is 2. The van der Waals surface area contributed by atoms with Crippen LogP contribution in [-0.2, 0) is 19.1 Å². The second-order valence-corrected chi connectivity index (χ2v) is 7.95. The molecule has 1 heterocycles. The van der Waals surface area contributed by atoms with Crippen molar-refractivity contribution in [1.29, 1.82) is 0 Å². The fourth-order valence-corrected chi connectivity index (χ4v) is 5.75. The molecule has 4 bridgehead atoms. The predicted octanol–water partition coefficient (Wildman–Crippen LogP) is 2.66. The van der Waals surface area contributed by atoms with E-state index in [0.29, 0.717) is 17.8 Å². The Hall–Kier alpha value is -1.06. The first-order valence-corrected chi connectivity index (χ1v) is 7.83. The summed E-state index contributed by atoms with van der Waals surface area (Å²) in [5.74, 6) is -0.372.